The lowest BCUT2D eigenvalue weighted by Crippen LogP contribution is -2.23. The highest BCUT2D eigenvalue weighted by Gasteiger charge is 2.24. The van der Waals surface area contributed by atoms with Gasteiger partial charge in [0.1, 0.15) is 0 Å². The molecule has 0 aromatic rings. The Balaban J connectivity index is 2.28. The second kappa shape index (κ2) is 3.96. The molecule has 0 amide bonds. The SMILES string of the molecule is OB(O)C1CCCCOC1. The minimum absolute atomic E-state index is 0.0671. The summed E-state index contributed by atoms with van der Waals surface area (Å²) in [4.78, 5) is 0. The van der Waals surface area contributed by atoms with E-state index < -0.39 is 7.12 Å². The van der Waals surface area contributed by atoms with Gasteiger partial charge in [-0.3, -0.25) is 0 Å². The molecule has 1 aliphatic heterocycles. The second-order valence-corrected chi connectivity index (χ2v) is 2.74. The van der Waals surface area contributed by atoms with Crippen LogP contribution in [0, 0.1) is 0 Å². The van der Waals surface area contributed by atoms with Crippen molar-refractivity contribution < 1.29 is 14.8 Å². The Morgan fingerprint density at radius 3 is 2.80 bits per heavy atom. The molecule has 0 saturated carbocycles. The number of rotatable bonds is 1. The van der Waals surface area contributed by atoms with E-state index >= 15 is 0 Å². The first kappa shape index (κ1) is 8.05. The van der Waals surface area contributed by atoms with Gasteiger partial charge < -0.3 is 14.8 Å². The molecular weight excluding hydrogens is 131 g/mol. The third kappa shape index (κ3) is 2.29. The smallest absolute Gasteiger partial charge is 0.427 e. The van der Waals surface area contributed by atoms with Crippen LogP contribution >= 0.6 is 0 Å². The lowest BCUT2D eigenvalue weighted by atomic mass is 9.71. The summed E-state index contributed by atoms with van der Waals surface area (Å²) >= 11 is 0. The summed E-state index contributed by atoms with van der Waals surface area (Å²) in [5, 5.41) is 17.6. The van der Waals surface area contributed by atoms with Crippen LogP contribution in [0.1, 0.15) is 19.3 Å². The highest BCUT2D eigenvalue weighted by atomic mass is 16.5. The first-order chi connectivity index (χ1) is 4.80. The molecule has 0 aromatic carbocycles. The molecule has 10 heavy (non-hydrogen) atoms. The van der Waals surface area contributed by atoms with E-state index in [1.165, 1.54) is 0 Å². The Bertz CT molecular complexity index is 89.0. The molecule has 0 spiro atoms. The summed E-state index contributed by atoms with van der Waals surface area (Å²) in [6, 6.07) is 0. The molecule has 2 N–H and O–H groups in total. The van der Waals surface area contributed by atoms with Crippen LogP contribution in [0.2, 0.25) is 5.82 Å². The highest BCUT2D eigenvalue weighted by Crippen LogP contribution is 2.19. The van der Waals surface area contributed by atoms with Gasteiger partial charge in [0.2, 0.25) is 0 Å². The lowest BCUT2D eigenvalue weighted by Gasteiger charge is -2.10. The lowest BCUT2D eigenvalue weighted by molar-refractivity contribution is 0.138. The van der Waals surface area contributed by atoms with E-state index in [0.717, 1.165) is 25.9 Å². The minimum Gasteiger partial charge on any atom is -0.427 e. The van der Waals surface area contributed by atoms with E-state index in [4.69, 9.17) is 14.8 Å². The molecule has 1 atom stereocenters. The van der Waals surface area contributed by atoms with Crippen LogP contribution in [0.15, 0.2) is 0 Å². The Morgan fingerprint density at radius 1 is 1.30 bits per heavy atom. The fourth-order valence-corrected chi connectivity index (χ4v) is 1.16. The van der Waals surface area contributed by atoms with Crippen LogP contribution in [-0.4, -0.2) is 30.4 Å². The molecule has 1 fully saturated rings. The van der Waals surface area contributed by atoms with E-state index in [0.29, 0.717) is 6.61 Å². The zero-order valence-electron chi connectivity index (χ0n) is 5.99. The van der Waals surface area contributed by atoms with Crippen molar-refractivity contribution in [3.05, 3.63) is 0 Å². The van der Waals surface area contributed by atoms with Crippen LogP contribution < -0.4 is 0 Å². The van der Waals surface area contributed by atoms with E-state index in [1.807, 2.05) is 0 Å². The van der Waals surface area contributed by atoms with Crippen molar-refractivity contribution in [1.82, 2.24) is 0 Å². The number of hydrogen-bond donors (Lipinski definition) is 2. The average Bonchev–Trinajstić information content (AvgIpc) is 2.12. The fourth-order valence-electron chi connectivity index (χ4n) is 1.16. The van der Waals surface area contributed by atoms with Crippen molar-refractivity contribution in [3.63, 3.8) is 0 Å². The van der Waals surface area contributed by atoms with Gasteiger partial charge in [0, 0.05) is 19.0 Å². The molecule has 1 heterocycles. The van der Waals surface area contributed by atoms with Gasteiger partial charge >= 0.3 is 7.12 Å². The maximum atomic E-state index is 8.78. The molecule has 3 nitrogen and oxygen atoms in total. The maximum Gasteiger partial charge on any atom is 0.457 e. The molecule has 1 unspecified atom stereocenters. The van der Waals surface area contributed by atoms with Crippen LogP contribution in [0.3, 0.4) is 0 Å². The van der Waals surface area contributed by atoms with Crippen LogP contribution in [-0.2, 0) is 4.74 Å². The Hall–Kier alpha value is -0.0551. The number of ether oxygens (including phenoxy) is 1. The highest BCUT2D eigenvalue weighted by molar-refractivity contribution is 6.43. The van der Waals surface area contributed by atoms with E-state index in [9.17, 15) is 0 Å². The van der Waals surface area contributed by atoms with Gasteiger partial charge in [-0.05, 0) is 12.8 Å². The number of hydrogen-bond acceptors (Lipinski definition) is 3. The van der Waals surface area contributed by atoms with Crippen molar-refractivity contribution in [1.29, 1.82) is 0 Å². The van der Waals surface area contributed by atoms with Gasteiger partial charge in [0.25, 0.3) is 0 Å². The molecule has 0 radical (unpaired) electrons. The van der Waals surface area contributed by atoms with Crippen molar-refractivity contribution in [2.45, 2.75) is 25.1 Å². The third-order valence-corrected chi connectivity index (χ3v) is 1.87. The van der Waals surface area contributed by atoms with Crippen molar-refractivity contribution in [2.24, 2.45) is 0 Å². The zero-order chi connectivity index (χ0) is 7.40. The van der Waals surface area contributed by atoms with Crippen molar-refractivity contribution in [3.8, 4) is 0 Å². The summed E-state index contributed by atoms with van der Waals surface area (Å²) in [6.45, 7) is 1.26. The summed E-state index contributed by atoms with van der Waals surface area (Å²) in [6.07, 6.45) is 2.96. The van der Waals surface area contributed by atoms with Crippen molar-refractivity contribution >= 4 is 7.12 Å². The van der Waals surface area contributed by atoms with Crippen LogP contribution in [0.5, 0.6) is 0 Å². The normalized spacial score (nSPS) is 27.6. The second-order valence-electron chi connectivity index (χ2n) is 2.74. The first-order valence-electron chi connectivity index (χ1n) is 3.74. The maximum absolute atomic E-state index is 8.78. The fraction of sp³-hybridized carbons (Fsp3) is 1.00. The molecule has 0 aliphatic carbocycles. The molecule has 0 aromatic heterocycles. The predicted molar refractivity (Wildman–Crippen MR) is 38.6 cm³/mol. The summed E-state index contributed by atoms with van der Waals surface area (Å²) in [7, 11) is -1.20. The van der Waals surface area contributed by atoms with Crippen LogP contribution in [0.4, 0.5) is 0 Å². The minimum atomic E-state index is -1.20. The molecule has 1 aliphatic rings. The van der Waals surface area contributed by atoms with E-state index in [-0.39, 0.29) is 5.82 Å². The molecule has 4 heteroatoms. The summed E-state index contributed by atoms with van der Waals surface area (Å²) < 4.78 is 5.15. The van der Waals surface area contributed by atoms with E-state index in [1.54, 1.807) is 0 Å². The van der Waals surface area contributed by atoms with Gasteiger partial charge in [-0.25, -0.2) is 0 Å². The van der Waals surface area contributed by atoms with Gasteiger partial charge in [-0.1, -0.05) is 6.42 Å². The topological polar surface area (TPSA) is 49.7 Å². The van der Waals surface area contributed by atoms with Gasteiger partial charge in [-0.2, -0.15) is 0 Å². The van der Waals surface area contributed by atoms with E-state index in [2.05, 4.69) is 0 Å². The summed E-state index contributed by atoms with van der Waals surface area (Å²) in [5.41, 5.74) is 0. The largest absolute Gasteiger partial charge is 0.457 e. The molecule has 1 rings (SSSR count). The van der Waals surface area contributed by atoms with Crippen LogP contribution in [0.25, 0.3) is 0 Å². The van der Waals surface area contributed by atoms with Crippen molar-refractivity contribution in [2.75, 3.05) is 13.2 Å². The molecule has 1 saturated heterocycles. The molecule has 58 valence electrons. The Labute approximate surface area is 61.2 Å². The average molecular weight is 144 g/mol. The summed E-state index contributed by atoms with van der Waals surface area (Å²) in [5.74, 6) is -0.0671. The molecular formula is C6H13BO3. The Morgan fingerprint density at radius 2 is 2.10 bits per heavy atom. The third-order valence-electron chi connectivity index (χ3n) is 1.87. The monoisotopic (exact) mass is 144 g/mol. The standard InChI is InChI=1S/C6H13BO3/c8-7(9)6-3-1-2-4-10-5-6/h6,8-9H,1-5H2. The zero-order valence-corrected chi connectivity index (χ0v) is 5.99. The van der Waals surface area contributed by atoms with Gasteiger partial charge in [0.15, 0.2) is 0 Å². The Kier molecular flexibility index (Phi) is 3.18. The molecule has 0 bridgehead atoms. The van der Waals surface area contributed by atoms with Gasteiger partial charge in [-0.15, -0.1) is 0 Å². The van der Waals surface area contributed by atoms with Gasteiger partial charge in [0.05, 0.1) is 0 Å². The quantitative estimate of drug-likeness (QED) is 0.510. The predicted octanol–water partition coefficient (Wildman–Crippen LogP) is 0.0299. The first-order valence-corrected chi connectivity index (χ1v) is 3.74.